The van der Waals surface area contributed by atoms with E-state index in [0.29, 0.717) is 5.75 Å². The van der Waals surface area contributed by atoms with Crippen LogP contribution in [0.15, 0.2) is 59.5 Å². The quantitative estimate of drug-likeness (QED) is 0.726. The second kappa shape index (κ2) is 8.70. The first-order valence-corrected chi connectivity index (χ1v) is 10.7. The maximum absolute atomic E-state index is 12.6. The van der Waals surface area contributed by atoms with Gasteiger partial charge in [-0.15, -0.1) is 11.8 Å². The Morgan fingerprint density at radius 1 is 1.04 bits per heavy atom. The number of amides is 1. The van der Waals surface area contributed by atoms with Crippen molar-refractivity contribution in [3.8, 4) is 0 Å². The molecule has 0 bridgehead atoms. The standard InChI is InChI=1S/C19H24N2O3S2/c1-15(19(22)21(4)17-10-6-5-7-11-17)25-14-16-9-8-12-18(13-16)26(23,24)20(2)3/h5-13,15H,14H2,1-4H3. The highest BCUT2D eigenvalue weighted by molar-refractivity contribution is 7.99. The van der Waals surface area contributed by atoms with Gasteiger partial charge in [-0.05, 0) is 36.8 Å². The van der Waals surface area contributed by atoms with E-state index >= 15 is 0 Å². The van der Waals surface area contributed by atoms with Gasteiger partial charge in [0.15, 0.2) is 0 Å². The van der Waals surface area contributed by atoms with Crippen molar-refractivity contribution < 1.29 is 13.2 Å². The Kier molecular flexibility index (Phi) is 6.86. The van der Waals surface area contributed by atoms with Crippen molar-refractivity contribution in [2.45, 2.75) is 22.8 Å². The molecule has 0 saturated heterocycles. The lowest BCUT2D eigenvalue weighted by Gasteiger charge is -2.21. The molecule has 0 radical (unpaired) electrons. The summed E-state index contributed by atoms with van der Waals surface area (Å²) in [5, 5.41) is -0.241. The molecular formula is C19H24N2O3S2. The van der Waals surface area contributed by atoms with E-state index in [4.69, 9.17) is 0 Å². The average molecular weight is 393 g/mol. The van der Waals surface area contributed by atoms with Crippen LogP contribution in [0.3, 0.4) is 0 Å². The first-order chi connectivity index (χ1) is 12.2. The van der Waals surface area contributed by atoms with Gasteiger partial charge in [-0.3, -0.25) is 4.79 Å². The number of thioether (sulfide) groups is 1. The zero-order valence-corrected chi connectivity index (χ0v) is 17.0. The van der Waals surface area contributed by atoms with Gasteiger partial charge in [0.2, 0.25) is 15.9 Å². The lowest BCUT2D eigenvalue weighted by Crippen LogP contribution is -2.33. The second-order valence-electron chi connectivity index (χ2n) is 6.12. The van der Waals surface area contributed by atoms with Crippen LogP contribution in [0.2, 0.25) is 0 Å². The van der Waals surface area contributed by atoms with Crippen LogP contribution < -0.4 is 4.90 Å². The van der Waals surface area contributed by atoms with Gasteiger partial charge in [0.05, 0.1) is 10.1 Å². The third kappa shape index (κ3) is 4.87. The minimum Gasteiger partial charge on any atom is -0.315 e. The molecule has 0 aliphatic heterocycles. The molecule has 0 aliphatic rings. The van der Waals surface area contributed by atoms with Gasteiger partial charge in [0.25, 0.3) is 0 Å². The normalized spacial score (nSPS) is 12.8. The smallest absolute Gasteiger partial charge is 0.242 e. The third-order valence-corrected chi connectivity index (χ3v) is 7.01. The third-order valence-electron chi connectivity index (χ3n) is 4.00. The Hall–Kier alpha value is -1.83. The van der Waals surface area contributed by atoms with Crippen molar-refractivity contribution in [3.63, 3.8) is 0 Å². The zero-order chi connectivity index (χ0) is 19.3. The lowest BCUT2D eigenvalue weighted by atomic mass is 10.2. The summed E-state index contributed by atoms with van der Waals surface area (Å²) in [7, 11) is 1.33. The zero-order valence-electron chi connectivity index (χ0n) is 15.4. The number of nitrogens with zero attached hydrogens (tertiary/aromatic N) is 2. The van der Waals surface area contributed by atoms with Crippen LogP contribution in [-0.4, -0.2) is 45.0 Å². The van der Waals surface area contributed by atoms with Crippen molar-refractivity contribution in [2.75, 3.05) is 26.0 Å². The summed E-state index contributed by atoms with van der Waals surface area (Å²) < 4.78 is 25.7. The number of benzene rings is 2. The number of para-hydroxylation sites is 1. The summed E-state index contributed by atoms with van der Waals surface area (Å²) in [6.07, 6.45) is 0. The van der Waals surface area contributed by atoms with Crippen molar-refractivity contribution in [3.05, 3.63) is 60.2 Å². The van der Waals surface area contributed by atoms with E-state index < -0.39 is 10.0 Å². The monoisotopic (exact) mass is 392 g/mol. The predicted octanol–water partition coefficient (Wildman–Crippen LogP) is 3.22. The molecule has 0 aromatic heterocycles. The molecule has 1 unspecified atom stereocenters. The average Bonchev–Trinajstić information content (AvgIpc) is 2.65. The van der Waals surface area contributed by atoms with Crippen LogP contribution >= 0.6 is 11.8 Å². The molecule has 0 fully saturated rings. The van der Waals surface area contributed by atoms with Gasteiger partial charge in [-0.25, -0.2) is 12.7 Å². The molecule has 0 saturated carbocycles. The summed E-state index contributed by atoms with van der Waals surface area (Å²) in [5.41, 5.74) is 1.73. The van der Waals surface area contributed by atoms with Crippen LogP contribution in [-0.2, 0) is 20.6 Å². The molecule has 0 N–H and O–H groups in total. The fraction of sp³-hybridized carbons (Fsp3) is 0.316. The first-order valence-electron chi connectivity index (χ1n) is 8.19. The maximum atomic E-state index is 12.6. The summed E-state index contributed by atoms with van der Waals surface area (Å²) in [6.45, 7) is 1.87. The van der Waals surface area contributed by atoms with Gasteiger partial charge >= 0.3 is 0 Å². The fourth-order valence-corrected chi connectivity index (χ4v) is 4.25. The molecule has 0 spiro atoms. The molecule has 2 rings (SSSR count). The highest BCUT2D eigenvalue weighted by Crippen LogP contribution is 2.23. The van der Waals surface area contributed by atoms with E-state index in [1.165, 1.54) is 30.2 Å². The van der Waals surface area contributed by atoms with E-state index in [2.05, 4.69) is 0 Å². The molecule has 1 atom stereocenters. The largest absolute Gasteiger partial charge is 0.315 e. The summed E-state index contributed by atoms with van der Waals surface area (Å²) >= 11 is 1.49. The van der Waals surface area contributed by atoms with Gasteiger partial charge in [-0.1, -0.05) is 30.3 Å². The van der Waals surface area contributed by atoms with E-state index in [0.717, 1.165) is 11.3 Å². The summed E-state index contributed by atoms with van der Waals surface area (Å²) in [6, 6.07) is 16.3. The molecular weight excluding hydrogens is 368 g/mol. The van der Waals surface area contributed by atoms with Crippen molar-refractivity contribution in [1.29, 1.82) is 0 Å². The van der Waals surface area contributed by atoms with Crippen LogP contribution in [0.1, 0.15) is 12.5 Å². The first kappa shape index (κ1) is 20.5. The van der Waals surface area contributed by atoms with E-state index in [9.17, 15) is 13.2 Å². The van der Waals surface area contributed by atoms with Crippen molar-refractivity contribution in [1.82, 2.24) is 4.31 Å². The van der Waals surface area contributed by atoms with Gasteiger partial charge in [0, 0.05) is 32.6 Å². The van der Waals surface area contributed by atoms with Crippen LogP contribution in [0, 0.1) is 0 Å². The summed E-state index contributed by atoms with van der Waals surface area (Å²) in [5.74, 6) is 0.574. The number of carbonyl (C=O) groups is 1. The van der Waals surface area contributed by atoms with Gasteiger partial charge < -0.3 is 4.90 Å². The molecule has 140 valence electrons. The number of carbonyl (C=O) groups excluding carboxylic acids is 1. The fourth-order valence-electron chi connectivity index (χ4n) is 2.35. The topological polar surface area (TPSA) is 57.7 Å². The highest BCUT2D eigenvalue weighted by Gasteiger charge is 2.20. The van der Waals surface area contributed by atoms with Crippen LogP contribution in [0.4, 0.5) is 5.69 Å². The van der Waals surface area contributed by atoms with Crippen LogP contribution in [0.25, 0.3) is 0 Å². The number of hydrogen-bond donors (Lipinski definition) is 0. The second-order valence-corrected chi connectivity index (χ2v) is 9.60. The maximum Gasteiger partial charge on any atom is 0.242 e. The van der Waals surface area contributed by atoms with Crippen LogP contribution in [0.5, 0.6) is 0 Å². The predicted molar refractivity (Wildman–Crippen MR) is 108 cm³/mol. The number of hydrogen-bond acceptors (Lipinski definition) is 4. The van der Waals surface area contributed by atoms with E-state index in [1.54, 1.807) is 30.1 Å². The van der Waals surface area contributed by atoms with Gasteiger partial charge in [-0.2, -0.15) is 0 Å². The Bertz CT molecular complexity index is 852. The van der Waals surface area contributed by atoms with E-state index in [-0.39, 0.29) is 16.1 Å². The molecule has 5 nitrogen and oxygen atoms in total. The van der Waals surface area contributed by atoms with Crippen molar-refractivity contribution in [2.24, 2.45) is 0 Å². The van der Waals surface area contributed by atoms with Crippen molar-refractivity contribution >= 4 is 33.4 Å². The Labute approximate surface area is 160 Å². The number of anilines is 1. The molecule has 2 aromatic carbocycles. The molecule has 0 aliphatic carbocycles. The minimum atomic E-state index is -3.45. The molecule has 1 amide bonds. The Morgan fingerprint density at radius 2 is 1.69 bits per heavy atom. The number of rotatable bonds is 7. The molecule has 7 heteroatoms. The number of sulfonamides is 1. The SMILES string of the molecule is CC(SCc1cccc(S(=O)(=O)N(C)C)c1)C(=O)N(C)c1ccccc1. The highest BCUT2D eigenvalue weighted by atomic mass is 32.2. The minimum absolute atomic E-state index is 0.0123. The summed E-state index contributed by atoms with van der Waals surface area (Å²) in [4.78, 5) is 14.5. The Balaban J connectivity index is 2.03. The van der Waals surface area contributed by atoms with E-state index in [1.807, 2.05) is 43.3 Å². The Morgan fingerprint density at radius 3 is 2.31 bits per heavy atom. The van der Waals surface area contributed by atoms with Gasteiger partial charge in [0.1, 0.15) is 0 Å². The lowest BCUT2D eigenvalue weighted by molar-refractivity contribution is -0.117. The molecule has 2 aromatic rings. The molecule has 26 heavy (non-hydrogen) atoms. The molecule has 0 heterocycles.